The van der Waals surface area contributed by atoms with Crippen LogP contribution < -0.4 is 4.90 Å². The topological polar surface area (TPSA) is 49.2 Å². The first-order valence-electron chi connectivity index (χ1n) is 8.22. The van der Waals surface area contributed by atoms with Gasteiger partial charge in [0.1, 0.15) is 11.6 Å². The number of aliphatic hydroxyl groups excluding tert-OH is 1. The fourth-order valence-electron chi connectivity index (χ4n) is 3.07. The average molecular weight is 315 g/mol. The predicted octanol–water partition coefficient (Wildman–Crippen LogP) is 3.20. The number of aryl methyl sites for hydroxylation is 1. The Labute approximate surface area is 136 Å². The van der Waals surface area contributed by atoms with Crippen LogP contribution in [0.1, 0.15) is 31.9 Å². The molecule has 1 N–H and O–H groups in total. The van der Waals surface area contributed by atoms with Crippen LogP contribution >= 0.6 is 0 Å². The molecule has 3 rings (SSSR count). The monoisotopic (exact) mass is 315 g/mol. The van der Waals surface area contributed by atoms with E-state index in [-0.39, 0.29) is 18.5 Å². The van der Waals surface area contributed by atoms with Crippen LogP contribution in [-0.2, 0) is 6.42 Å². The highest BCUT2D eigenvalue weighted by Crippen LogP contribution is 2.27. The highest BCUT2D eigenvalue weighted by atomic mass is 19.1. The maximum absolute atomic E-state index is 13.1. The number of aliphatic hydroxyl groups is 1. The number of nitrogens with zero attached hydrogens (tertiary/aromatic N) is 3. The van der Waals surface area contributed by atoms with Gasteiger partial charge >= 0.3 is 0 Å². The van der Waals surface area contributed by atoms with Crippen LogP contribution in [0.5, 0.6) is 0 Å². The smallest absolute Gasteiger partial charge is 0.161 e. The van der Waals surface area contributed by atoms with Gasteiger partial charge in [-0.3, -0.25) is 0 Å². The highest BCUT2D eigenvalue weighted by molar-refractivity contribution is 5.58. The Morgan fingerprint density at radius 2 is 2.04 bits per heavy atom. The first kappa shape index (κ1) is 15.9. The van der Waals surface area contributed by atoms with Crippen molar-refractivity contribution in [3.8, 4) is 11.4 Å². The van der Waals surface area contributed by atoms with E-state index in [9.17, 15) is 9.50 Å². The molecular formula is C18H22FN3O. The maximum Gasteiger partial charge on any atom is 0.161 e. The van der Waals surface area contributed by atoms with Crippen LogP contribution in [-0.4, -0.2) is 34.3 Å². The zero-order valence-electron chi connectivity index (χ0n) is 13.4. The third-order valence-electron chi connectivity index (χ3n) is 4.26. The van der Waals surface area contributed by atoms with Crippen molar-refractivity contribution in [3.05, 3.63) is 41.8 Å². The largest absolute Gasteiger partial charge is 0.394 e. The number of aromatic nitrogens is 2. The normalized spacial score (nSPS) is 17.7. The molecule has 1 aliphatic rings. The van der Waals surface area contributed by atoms with E-state index in [0.717, 1.165) is 49.3 Å². The van der Waals surface area contributed by atoms with Crippen molar-refractivity contribution in [3.63, 3.8) is 0 Å². The summed E-state index contributed by atoms with van der Waals surface area (Å²) in [6.07, 6.45) is 3.92. The Morgan fingerprint density at radius 1 is 1.26 bits per heavy atom. The molecule has 23 heavy (non-hydrogen) atoms. The third kappa shape index (κ3) is 3.50. The molecule has 5 heteroatoms. The van der Waals surface area contributed by atoms with E-state index in [1.807, 2.05) is 6.07 Å². The second-order valence-electron chi connectivity index (χ2n) is 5.97. The SMILES string of the molecule is CCCc1cc(N2CCCC2CO)nc(-c2ccc(F)cc2)n1. The second-order valence-corrected chi connectivity index (χ2v) is 5.97. The van der Waals surface area contributed by atoms with E-state index >= 15 is 0 Å². The molecular weight excluding hydrogens is 293 g/mol. The molecule has 0 spiro atoms. The van der Waals surface area contributed by atoms with Crippen molar-refractivity contribution in [1.82, 2.24) is 9.97 Å². The summed E-state index contributed by atoms with van der Waals surface area (Å²) in [4.78, 5) is 11.5. The van der Waals surface area contributed by atoms with Gasteiger partial charge in [0.25, 0.3) is 0 Å². The number of rotatable bonds is 5. The number of halogens is 1. The molecule has 1 saturated heterocycles. The lowest BCUT2D eigenvalue weighted by Crippen LogP contribution is -2.33. The van der Waals surface area contributed by atoms with Gasteiger partial charge < -0.3 is 10.0 Å². The van der Waals surface area contributed by atoms with Crippen molar-refractivity contribution < 1.29 is 9.50 Å². The molecule has 4 nitrogen and oxygen atoms in total. The molecule has 0 amide bonds. The minimum absolute atomic E-state index is 0.125. The highest BCUT2D eigenvalue weighted by Gasteiger charge is 2.25. The number of benzene rings is 1. The molecule has 2 aromatic rings. The lowest BCUT2D eigenvalue weighted by Gasteiger charge is -2.25. The molecule has 1 unspecified atom stereocenters. The van der Waals surface area contributed by atoms with Gasteiger partial charge in [0.05, 0.1) is 12.6 Å². The molecule has 1 fully saturated rings. The van der Waals surface area contributed by atoms with Crippen LogP contribution in [0.15, 0.2) is 30.3 Å². The summed E-state index contributed by atoms with van der Waals surface area (Å²) in [5.74, 6) is 1.22. The summed E-state index contributed by atoms with van der Waals surface area (Å²) < 4.78 is 13.1. The molecule has 2 heterocycles. The lowest BCUT2D eigenvalue weighted by atomic mass is 10.1. The van der Waals surface area contributed by atoms with Crippen LogP contribution in [0.2, 0.25) is 0 Å². The van der Waals surface area contributed by atoms with E-state index in [4.69, 9.17) is 0 Å². The molecule has 1 aromatic carbocycles. The minimum Gasteiger partial charge on any atom is -0.394 e. The molecule has 0 radical (unpaired) electrons. The zero-order valence-corrected chi connectivity index (χ0v) is 13.4. The Balaban J connectivity index is 2.00. The Bertz CT molecular complexity index is 660. The van der Waals surface area contributed by atoms with Crippen LogP contribution in [0.25, 0.3) is 11.4 Å². The fraction of sp³-hybridized carbons (Fsp3) is 0.444. The lowest BCUT2D eigenvalue weighted by molar-refractivity contribution is 0.266. The van der Waals surface area contributed by atoms with E-state index in [1.165, 1.54) is 12.1 Å². The van der Waals surface area contributed by atoms with Crippen LogP contribution in [0, 0.1) is 5.82 Å². The Morgan fingerprint density at radius 3 is 2.74 bits per heavy atom. The predicted molar refractivity (Wildman–Crippen MR) is 88.9 cm³/mol. The molecule has 1 atom stereocenters. The van der Waals surface area contributed by atoms with Crippen molar-refractivity contribution in [2.45, 2.75) is 38.6 Å². The second kappa shape index (κ2) is 7.04. The Hall–Kier alpha value is -2.01. The Kier molecular flexibility index (Phi) is 4.86. The van der Waals surface area contributed by atoms with Gasteiger partial charge in [-0.2, -0.15) is 0 Å². The standard InChI is InChI=1S/C18H22FN3O/c1-2-4-15-11-17(22-10-3-5-16(22)12-23)21-18(20-15)13-6-8-14(19)9-7-13/h6-9,11,16,23H,2-5,10,12H2,1H3. The maximum atomic E-state index is 13.1. The molecule has 0 aliphatic carbocycles. The quantitative estimate of drug-likeness (QED) is 0.920. The molecule has 0 bridgehead atoms. The van der Waals surface area contributed by atoms with E-state index < -0.39 is 0 Å². The first-order valence-corrected chi connectivity index (χ1v) is 8.22. The number of hydrogen-bond donors (Lipinski definition) is 1. The number of anilines is 1. The fourth-order valence-corrected chi connectivity index (χ4v) is 3.07. The number of hydrogen-bond acceptors (Lipinski definition) is 4. The van der Waals surface area contributed by atoms with Gasteiger partial charge in [-0.05, 0) is 43.5 Å². The third-order valence-corrected chi connectivity index (χ3v) is 4.26. The molecule has 1 aliphatic heterocycles. The average Bonchev–Trinajstić information content (AvgIpc) is 3.04. The van der Waals surface area contributed by atoms with Crippen molar-refractivity contribution in [2.75, 3.05) is 18.1 Å². The summed E-state index contributed by atoms with van der Waals surface area (Å²) in [6, 6.07) is 8.41. The summed E-state index contributed by atoms with van der Waals surface area (Å²) in [6.45, 7) is 3.15. The van der Waals surface area contributed by atoms with Gasteiger partial charge in [-0.15, -0.1) is 0 Å². The molecule has 122 valence electrons. The summed E-state index contributed by atoms with van der Waals surface area (Å²) in [5.41, 5.74) is 1.80. The van der Waals surface area contributed by atoms with Crippen molar-refractivity contribution in [1.29, 1.82) is 0 Å². The van der Waals surface area contributed by atoms with E-state index in [0.29, 0.717) is 5.82 Å². The molecule has 0 saturated carbocycles. The van der Waals surface area contributed by atoms with Gasteiger partial charge in [0.2, 0.25) is 0 Å². The first-order chi connectivity index (χ1) is 11.2. The minimum atomic E-state index is -0.265. The van der Waals surface area contributed by atoms with Gasteiger partial charge in [-0.25, -0.2) is 14.4 Å². The van der Waals surface area contributed by atoms with Crippen LogP contribution in [0.3, 0.4) is 0 Å². The van der Waals surface area contributed by atoms with E-state index in [2.05, 4.69) is 21.8 Å². The van der Waals surface area contributed by atoms with Gasteiger partial charge in [0, 0.05) is 23.9 Å². The van der Waals surface area contributed by atoms with Crippen LogP contribution in [0.4, 0.5) is 10.2 Å². The van der Waals surface area contributed by atoms with Gasteiger partial charge in [-0.1, -0.05) is 13.3 Å². The van der Waals surface area contributed by atoms with Crippen molar-refractivity contribution in [2.24, 2.45) is 0 Å². The van der Waals surface area contributed by atoms with E-state index in [1.54, 1.807) is 12.1 Å². The summed E-state index contributed by atoms with van der Waals surface area (Å²) >= 11 is 0. The molecule has 1 aromatic heterocycles. The van der Waals surface area contributed by atoms with Gasteiger partial charge in [0.15, 0.2) is 5.82 Å². The summed E-state index contributed by atoms with van der Waals surface area (Å²) in [7, 11) is 0. The summed E-state index contributed by atoms with van der Waals surface area (Å²) in [5, 5.41) is 9.56. The zero-order chi connectivity index (χ0) is 16.2. The van der Waals surface area contributed by atoms with Crippen molar-refractivity contribution >= 4 is 5.82 Å².